The molecule has 0 aliphatic heterocycles. The lowest BCUT2D eigenvalue weighted by Gasteiger charge is -2.05. The quantitative estimate of drug-likeness (QED) is 0.939. The zero-order valence-corrected chi connectivity index (χ0v) is 10.8. The molecule has 17 heavy (non-hydrogen) atoms. The van der Waals surface area contributed by atoms with E-state index in [1.54, 1.807) is 24.7 Å². The number of halogens is 1. The molecule has 0 amide bonds. The Morgan fingerprint density at radius 2 is 1.94 bits per heavy atom. The van der Waals surface area contributed by atoms with Gasteiger partial charge < -0.3 is 10.1 Å². The third-order valence-electron chi connectivity index (χ3n) is 1.91. The molecule has 0 fully saturated rings. The summed E-state index contributed by atoms with van der Waals surface area (Å²) < 4.78 is 6.09. The van der Waals surface area contributed by atoms with Crippen molar-refractivity contribution < 1.29 is 4.74 Å². The second kappa shape index (κ2) is 5.58. The van der Waals surface area contributed by atoms with Crippen LogP contribution in [-0.4, -0.2) is 21.6 Å². The van der Waals surface area contributed by atoms with Gasteiger partial charge in [-0.1, -0.05) is 0 Å². The van der Waals surface area contributed by atoms with Gasteiger partial charge in [-0.25, -0.2) is 15.0 Å². The second-order valence-corrected chi connectivity index (χ2v) is 4.08. The van der Waals surface area contributed by atoms with Crippen molar-refractivity contribution in [3.05, 3.63) is 35.2 Å². The van der Waals surface area contributed by atoms with Crippen LogP contribution >= 0.6 is 15.9 Å². The summed E-state index contributed by atoms with van der Waals surface area (Å²) in [5.41, 5.74) is 0.816. The van der Waals surface area contributed by atoms with Gasteiger partial charge in [0.15, 0.2) is 0 Å². The first-order chi connectivity index (χ1) is 8.28. The van der Waals surface area contributed by atoms with Crippen molar-refractivity contribution in [3.8, 4) is 5.88 Å². The highest BCUT2D eigenvalue weighted by Crippen LogP contribution is 2.15. The van der Waals surface area contributed by atoms with Crippen molar-refractivity contribution in [2.24, 2.45) is 0 Å². The molecule has 0 spiro atoms. The predicted molar refractivity (Wildman–Crippen MR) is 68.4 cm³/mol. The van der Waals surface area contributed by atoms with Crippen molar-refractivity contribution in [2.75, 3.05) is 11.9 Å². The molecule has 5 nitrogen and oxygen atoms in total. The molecule has 0 saturated heterocycles. The molecule has 0 aliphatic rings. The van der Waals surface area contributed by atoms with Gasteiger partial charge in [0, 0.05) is 18.5 Å². The molecule has 1 N–H and O–H groups in total. The van der Waals surface area contributed by atoms with E-state index in [2.05, 4.69) is 36.2 Å². The number of rotatable bonds is 4. The summed E-state index contributed by atoms with van der Waals surface area (Å²) in [4.78, 5) is 12.3. The number of aromatic nitrogens is 3. The average molecular weight is 295 g/mol. The summed E-state index contributed by atoms with van der Waals surface area (Å²) in [6, 6.07) is 3.66. The van der Waals surface area contributed by atoms with Crippen LogP contribution in [0, 0.1) is 0 Å². The topological polar surface area (TPSA) is 59.9 Å². The molecule has 2 aromatic rings. The maximum Gasteiger partial charge on any atom is 0.227 e. The third-order valence-corrected chi connectivity index (χ3v) is 2.31. The standard InChI is InChI=1S/C11H11BrN4O/c1-2-17-10-4-3-9(7-13-10)16-11-14-5-8(12)6-15-11/h3-7H,2H2,1H3,(H,14,15,16). The normalized spacial score (nSPS) is 10.0. The molecule has 0 atom stereocenters. The van der Waals surface area contributed by atoms with Crippen molar-refractivity contribution in [3.63, 3.8) is 0 Å². The largest absolute Gasteiger partial charge is 0.478 e. The van der Waals surface area contributed by atoms with Gasteiger partial charge in [-0.3, -0.25) is 0 Å². The lowest BCUT2D eigenvalue weighted by molar-refractivity contribution is 0.327. The van der Waals surface area contributed by atoms with E-state index >= 15 is 0 Å². The molecule has 0 aliphatic carbocycles. The Hall–Kier alpha value is -1.69. The minimum absolute atomic E-state index is 0.527. The Labute approximate surface area is 107 Å². The number of pyridine rings is 1. The number of hydrogen-bond acceptors (Lipinski definition) is 5. The summed E-state index contributed by atoms with van der Waals surface area (Å²) >= 11 is 3.28. The zero-order valence-electron chi connectivity index (χ0n) is 9.22. The number of anilines is 2. The fraction of sp³-hybridized carbons (Fsp3) is 0.182. The van der Waals surface area contributed by atoms with Gasteiger partial charge in [0.1, 0.15) is 0 Å². The van der Waals surface area contributed by atoms with E-state index in [1.165, 1.54) is 0 Å². The van der Waals surface area contributed by atoms with Gasteiger partial charge in [0.25, 0.3) is 0 Å². The second-order valence-electron chi connectivity index (χ2n) is 3.17. The van der Waals surface area contributed by atoms with Crippen LogP contribution in [0.25, 0.3) is 0 Å². The molecule has 0 bridgehead atoms. The minimum Gasteiger partial charge on any atom is -0.478 e. The van der Waals surface area contributed by atoms with Crippen LogP contribution < -0.4 is 10.1 Å². The number of nitrogens with one attached hydrogen (secondary N) is 1. The van der Waals surface area contributed by atoms with Gasteiger partial charge in [0.05, 0.1) is 23.0 Å². The molecular weight excluding hydrogens is 284 g/mol. The first-order valence-electron chi connectivity index (χ1n) is 5.11. The van der Waals surface area contributed by atoms with Gasteiger partial charge in [-0.15, -0.1) is 0 Å². The van der Waals surface area contributed by atoms with Crippen molar-refractivity contribution in [1.29, 1.82) is 0 Å². The maximum atomic E-state index is 5.25. The smallest absolute Gasteiger partial charge is 0.227 e. The average Bonchev–Trinajstić information content (AvgIpc) is 2.35. The predicted octanol–water partition coefficient (Wildman–Crippen LogP) is 2.78. The Morgan fingerprint density at radius 1 is 1.18 bits per heavy atom. The van der Waals surface area contributed by atoms with Crippen LogP contribution in [0.5, 0.6) is 5.88 Å². The molecular formula is C11H11BrN4O. The molecule has 2 rings (SSSR count). The van der Waals surface area contributed by atoms with Crippen LogP contribution in [0.15, 0.2) is 35.2 Å². The van der Waals surface area contributed by atoms with Crippen molar-refractivity contribution >= 4 is 27.6 Å². The Morgan fingerprint density at radius 3 is 2.53 bits per heavy atom. The molecule has 88 valence electrons. The van der Waals surface area contributed by atoms with Gasteiger partial charge in [-0.2, -0.15) is 0 Å². The highest BCUT2D eigenvalue weighted by atomic mass is 79.9. The number of hydrogen-bond donors (Lipinski definition) is 1. The Kier molecular flexibility index (Phi) is 3.87. The van der Waals surface area contributed by atoms with E-state index in [0.717, 1.165) is 10.2 Å². The zero-order chi connectivity index (χ0) is 12.1. The van der Waals surface area contributed by atoms with Gasteiger partial charge in [0.2, 0.25) is 11.8 Å². The summed E-state index contributed by atoms with van der Waals surface area (Å²) in [7, 11) is 0. The van der Waals surface area contributed by atoms with Crippen LogP contribution in [-0.2, 0) is 0 Å². The lowest BCUT2D eigenvalue weighted by atomic mass is 10.4. The molecule has 6 heteroatoms. The van der Waals surface area contributed by atoms with E-state index in [-0.39, 0.29) is 0 Å². The fourth-order valence-electron chi connectivity index (χ4n) is 1.19. The number of ether oxygens (including phenoxy) is 1. The summed E-state index contributed by atoms with van der Waals surface area (Å²) in [6.45, 7) is 2.53. The fourth-order valence-corrected chi connectivity index (χ4v) is 1.40. The van der Waals surface area contributed by atoms with E-state index in [0.29, 0.717) is 18.4 Å². The first-order valence-corrected chi connectivity index (χ1v) is 5.90. The highest BCUT2D eigenvalue weighted by molar-refractivity contribution is 9.10. The summed E-state index contributed by atoms with van der Waals surface area (Å²) in [6.07, 6.45) is 5.03. The first kappa shape index (κ1) is 11.8. The Bertz CT molecular complexity index is 472. The lowest BCUT2D eigenvalue weighted by Crippen LogP contribution is -1.98. The van der Waals surface area contributed by atoms with Crippen molar-refractivity contribution in [2.45, 2.75) is 6.92 Å². The summed E-state index contributed by atoms with van der Waals surface area (Å²) in [5.74, 6) is 1.13. The van der Waals surface area contributed by atoms with E-state index in [9.17, 15) is 0 Å². The van der Waals surface area contributed by atoms with E-state index < -0.39 is 0 Å². The molecule has 0 radical (unpaired) electrons. The molecule has 0 saturated carbocycles. The SMILES string of the molecule is CCOc1ccc(Nc2ncc(Br)cn2)cn1. The van der Waals surface area contributed by atoms with Gasteiger partial charge in [-0.05, 0) is 28.9 Å². The number of nitrogens with zero attached hydrogens (tertiary/aromatic N) is 3. The van der Waals surface area contributed by atoms with E-state index in [1.807, 2.05) is 13.0 Å². The maximum absolute atomic E-state index is 5.25. The van der Waals surface area contributed by atoms with Crippen LogP contribution in [0.3, 0.4) is 0 Å². The van der Waals surface area contributed by atoms with E-state index in [4.69, 9.17) is 4.74 Å². The summed E-state index contributed by atoms with van der Waals surface area (Å²) in [5, 5.41) is 3.04. The van der Waals surface area contributed by atoms with Crippen LogP contribution in [0.4, 0.5) is 11.6 Å². The molecule has 0 unspecified atom stereocenters. The van der Waals surface area contributed by atoms with Gasteiger partial charge >= 0.3 is 0 Å². The monoisotopic (exact) mass is 294 g/mol. The minimum atomic E-state index is 0.527. The molecule has 2 aromatic heterocycles. The molecule has 2 heterocycles. The Balaban J connectivity index is 2.05. The van der Waals surface area contributed by atoms with Crippen LogP contribution in [0.2, 0.25) is 0 Å². The molecule has 0 aromatic carbocycles. The highest BCUT2D eigenvalue weighted by Gasteiger charge is 1.99. The third kappa shape index (κ3) is 3.39. The van der Waals surface area contributed by atoms with Crippen molar-refractivity contribution in [1.82, 2.24) is 15.0 Å². The van der Waals surface area contributed by atoms with Crippen LogP contribution in [0.1, 0.15) is 6.92 Å².